The van der Waals surface area contributed by atoms with Crippen molar-refractivity contribution in [3.8, 4) is 0 Å². The van der Waals surface area contributed by atoms with Gasteiger partial charge in [0.2, 0.25) is 0 Å². The standard InChI is InChI=1S/C12H13NO3S2/c1-18(14,15)10-4-5-12(11(13)7-10)17-8-9-3-2-6-16-9/h2-7H,8,13H2,1H3. The van der Waals surface area contributed by atoms with Crippen molar-refractivity contribution in [3.63, 3.8) is 0 Å². The van der Waals surface area contributed by atoms with E-state index in [1.54, 1.807) is 18.4 Å². The van der Waals surface area contributed by atoms with Crippen LogP contribution in [0.25, 0.3) is 0 Å². The molecule has 0 spiro atoms. The molecule has 96 valence electrons. The van der Waals surface area contributed by atoms with Crippen LogP contribution in [0.15, 0.2) is 50.8 Å². The average molecular weight is 283 g/mol. The quantitative estimate of drug-likeness (QED) is 0.689. The molecule has 6 heteroatoms. The lowest BCUT2D eigenvalue weighted by atomic mass is 10.3. The fourth-order valence-electron chi connectivity index (χ4n) is 1.43. The molecule has 2 rings (SSSR count). The van der Waals surface area contributed by atoms with E-state index in [2.05, 4.69) is 0 Å². The number of sulfone groups is 1. The Morgan fingerprint density at radius 1 is 1.33 bits per heavy atom. The van der Waals surface area contributed by atoms with E-state index in [4.69, 9.17) is 10.2 Å². The Morgan fingerprint density at radius 3 is 2.67 bits per heavy atom. The van der Waals surface area contributed by atoms with Crippen LogP contribution in [0.1, 0.15) is 5.76 Å². The van der Waals surface area contributed by atoms with Crippen molar-refractivity contribution >= 4 is 27.3 Å². The Kier molecular flexibility index (Phi) is 3.68. The van der Waals surface area contributed by atoms with Crippen LogP contribution < -0.4 is 5.73 Å². The molecule has 4 nitrogen and oxygen atoms in total. The van der Waals surface area contributed by atoms with Crippen LogP contribution in [-0.4, -0.2) is 14.7 Å². The van der Waals surface area contributed by atoms with Crippen molar-refractivity contribution in [2.75, 3.05) is 12.0 Å². The molecule has 18 heavy (non-hydrogen) atoms. The van der Waals surface area contributed by atoms with Gasteiger partial charge < -0.3 is 10.2 Å². The van der Waals surface area contributed by atoms with Gasteiger partial charge in [-0.1, -0.05) is 0 Å². The molecule has 0 radical (unpaired) electrons. The molecule has 0 saturated heterocycles. The van der Waals surface area contributed by atoms with Crippen molar-refractivity contribution in [1.29, 1.82) is 0 Å². The van der Waals surface area contributed by atoms with Gasteiger partial charge in [0.05, 0.1) is 16.9 Å². The zero-order valence-electron chi connectivity index (χ0n) is 9.79. The summed E-state index contributed by atoms with van der Waals surface area (Å²) in [6.45, 7) is 0. The zero-order chi connectivity index (χ0) is 13.2. The van der Waals surface area contributed by atoms with E-state index in [0.717, 1.165) is 16.9 Å². The molecular formula is C12H13NO3S2. The van der Waals surface area contributed by atoms with Crippen LogP contribution in [0.2, 0.25) is 0 Å². The molecule has 2 aromatic rings. The molecule has 0 aliphatic carbocycles. The Bertz CT molecular complexity index is 633. The summed E-state index contributed by atoms with van der Waals surface area (Å²) in [6.07, 6.45) is 2.78. The Labute approximate surface area is 110 Å². The largest absolute Gasteiger partial charge is 0.468 e. The normalized spacial score (nSPS) is 11.6. The third kappa shape index (κ3) is 3.08. The fraction of sp³-hybridized carbons (Fsp3) is 0.167. The van der Waals surface area contributed by atoms with E-state index >= 15 is 0 Å². The molecule has 0 amide bonds. The molecule has 0 saturated carbocycles. The first kappa shape index (κ1) is 13.0. The number of nitrogen functional groups attached to an aromatic ring is 1. The van der Waals surface area contributed by atoms with Gasteiger partial charge in [0.1, 0.15) is 5.76 Å². The van der Waals surface area contributed by atoms with Crippen molar-refractivity contribution in [2.45, 2.75) is 15.5 Å². The highest BCUT2D eigenvalue weighted by molar-refractivity contribution is 7.98. The van der Waals surface area contributed by atoms with Gasteiger partial charge in [0, 0.05) is 16.8 Å². The van der Waals surface area contributed by atoms with E-state index < -0.39 is 9.84 Å². The first-order chi connectivity index (χ1) is 8.47. The van der Waals surface area contributed by atoms with E-state index in [9.17, 15) is 8.42 Å². The second-order valence-corrected chi connectivity index (χ2v) is 6.87. The Hall–Kier alpha value is -1.40. The Balaban J connectivity index is 2.15. The molecule has 0 bridgehead atoms. The zero-order valence-corrected chi connectivity index (χ0v) is 11.4. The third-order valence-corrected chi connectivity index (χ3v) is 4.58. The molecule has 1 aromatic carbocycles. The van der Waals surface area contributed by atoms with Crippen LogP contribution in [-0.2, 0) is 15.6 Å². The summed E-state index contributed by atoms with van der Waals surface area (Å²) < 4.78 is 27.9. The van der Waals surface area contributed by atoms with Gasteiger partial charge in [0.25, 0.3) is 0 Å². The highest BCUT2D eigenvalue weighted by atomic mass is 32.2. The molecule has 0 aliphatic rings. The van der Waals surface area contributed by atoms with Crippen LogP contribution in [0.3, 0.4) is 0 Å². The van der Waals surface area contributed by atoms with Gasteiger partial charge in [-0.05, 0) is 30.3 Å². The first-order valence-corrected chi connectivity index (χ1v) is 8.09. The number of anilines is 1. The number of hydrogen-bond acceptors (Lipinski definition) is 5. The molecule has 0 atom stereocenters. The molecule has 2 N–H and O–H groups in total. The number of hydrogen-bond donors (Lipinski definition) is 1. The van der Waals surface area contributed by atoms with Gasteiger partial charge in [-0.25, -0.2) is 8.42 Å². The highest BCUT2D eigenvalue weighted by Gasteiger charge is 2.10. The predicted molar refractivity (Wildman–Crippen MR) is 72.2 cm³/mol. The minimum absolute atomic E-state index is 0.238. The van der Waals surface area contributed by atoms with Gasteiger partial charge in [0.15, 0.2) is 9.84 Å². The number of nitrogens with two attached hydrogens (primary N) is 1. The lowest BCUT2D eigenvalue weighted by Gasteiger charge is -2.06. The molecule has 1 aromatic heterocycles. The van der Waals surface area contributed by atoms with E-state index in [0.29, 0.717) is 11.4 Å². The number of rotatable bonds is 4. The van der Waals surface area contributed by atoms with E-state index in [1.807, 2.05) is 12.1 Å². The summed E-state index contributed by atoms with van der Waals surface area (Å²) >= 11 is 1.51. The lowest BCUT2D eigenvalue weighted by Crippen LogP contribution is -1.99. The minimum atomic E-state index is -3.21. The third-order valence-electron chi connectivity index (χ3n) is 2.36. The van der Waals surface area contributed by atoms with Crippen molar-refractivity contribution in [3.05, 3.63) is 42.4 Å². The maximum atomic E-state index is 11.4. The van der Waals surface area contributed by atoms with Gasteiger partial charge in [-0.3, -0.25) is 0 Å². The van der Waals surface area contributed by atoms with Crippen molar-refractivity contribution in [1.82, 2.24) is 0 Å². The SMILES string of the molecule is CS(=O)(=O)c1ccc(SCc2ccco2)c(N)c1. The Morgan fingerprint density at radius 2 is 2.11 bits per heavy atom. The van der Waals surface area contributed by atoms with E-state index in [1.165, 1.54) is 17.8 Å². The summed E-state index contributed by atoms with van der Waals surface area (Å²) in [4.78, 5) is 1.08. The van der Waals surface area contributed by atoms with Crippen LogP contribution >= 0.6 is 11.8 Å². The topological polar surface area (TPSA) is 73.3 Å². The maximum Gasteiger partial charge on any atom is 0.175 e. The van der Waals surface area contributed by atoms with E-state index in [-0.39, 0.29) is 4.90 Å². The summed E-state index contributed by atoms with van der Waals surface area (Å²) in [5.41, 5.74) is 6.31. The maximum absolute atomic E-state index is 11.4. The molecule has 1 heterocycles. The minimum Gasteiger partial charge on any atom is -0.468 e. The van der Waals surface area contributed by atoms with Crippen LogP contribution in [0, 0.1) is 0 Å². The van der Waals surface area contributed by atoms with Crippen molar-refractivity contribution < 1.29 is 12.8 Å². The molecule has 0 fully saturated rings. The molecule has 0 aliphatic heterocycles. The summed E-state index contributed by atoms with van der Waals surface area (Å²) in [5, 5.41) is 0. The number of thioether (sulfide) groups is 1. The van der Waals surface area contributed by atoms with Crippen LogP contribution in [0.5, 0.6) is 0 Å². The second kappa shape index (κ2) is 5.07. The fourth-order valence-corrected chi connectivity index (χ4v) is 2.94. The lowest BCUT2D eigenvalue weighted by molar-refractivity contribution is 0.530. The van der Waals surface area contributed by atoms with Gasteiger partial charge >= 0.3 is 0 Å². The highest BCUT2D eigenvalue weighted by Crippen LogP contribution is 2.30. The summed E-state index contributed by atoms with van der Waals surface area (Å²) in [5.74, 6) is 1.52. The number of furan rings is 1. The first-order valence-electron chi connectivity index (χ1n) is 5.21. The molecular weight excluding hydrogens is 270 g/mol. The number of benzene rings is 1. The summed E-state index contributed by atoms with van der Waals surface area (Å²) in [6, 6.07) is 8.48. The van der Waals surface area contributed by atoms with Crippen LogP contribution in [0.4, 0.5) is 5.69 Å². The smallest absolute Gasteiger partial charge is 0.175 e. The van der Waals surface area contributed by atoms with Gasteiger partial charge in [-0.15, -0.1) is 11.8 Å². The predicted octanol–water partition coefficient (Wildman–Crippen LogP) is 2.56. The summed E-state index contributed by atoms with van der Waals surface area (Å²) in [7, 11) is -3.21. The molecule has 0 unspecified atom stereocenters. The van der Waals surface area contributed by atoms with Crippen molar-refractivity contribution in [2.24, 2.45) is 0 Å². The average Bonchev–Trinajstić information content (AvgIpc) is 2.79. The van der Waals surface area contributed by atoms with Gasteiger partial charge in [-0.2, -0.15) is 0 Å². The monoisotopic (exact) mass is 283 g/mol. The second-order valence-electron chi connectivity index (χ2n) is 3.84.